The van der Waals surface area contributed by atoms with Crippen molar-refractivity contribution in [2.75, 3.05) is 7.11 Å². The number of ketones is 2. The number of hydrogen-bond donors (Lipinski definition) is 1. The van der Waals surface area contributed by atoms with E-state index in [2.05, 4.69) is 0 Å². The molecule has 0 amide bonds. The molecule has 5 nitrogen and oxygen atoms in total. The van der Waals surface area contributed by atoms with Gasteiger partial charge in [0.15, 0.2) is 0 Å². The molecule has 0 saturated carbocycles. The third kappa shape index (κ3) is 2.91. The molecule has 0 atom stereocenters. The molecular formula is C11H10O5. The molecule has 0 aliphatic rings. The van der Waals surface area contributed by atoms with Crippen molar-refractivity contribution in [1.29, 1.82) is 0 Å². The summed E-state index contributed by atoms with van der Waals surface area (Å²) in [6.45, 7) is 0. The van der Waals surface area contributed by atoms with Crippen LogP contribution in [0.3, 0.4) is 0 Å². The van der Waals surface area contributed by atoms with Gasteiger partial charge in [0.05, 0.1) is 7.11 Å². The lowest BCUT2D eigenvalue weighted by atomic mass is 10.1. The lowest BCUT2D eigenvalue weighted by Gasteiger charge is -2.01. The molecule has 0 radical (unpaired) electrons. The van der Waals surface area contributed by atoms with Crippen molar-refractivity contribution in [1.82, 2.24) is 0 Å². The Morgan fingerprint density at radius 2 is 1.75 bits per heavy atom. The summed E-state index contributed by atoms with van der Waals surface area (Å²) in [7, 11) is 1.48. The Balaban J connectivity index is 2.80. The van der Waals surface area contributed by atoms with Gasteiger partial charge in [0.2, 0.25) is 11.6 Å². The molecule has 0 spiro atoms. The summed E-state index contributed by atoms with van der Waals surface area (Å²) < 4.78 is 4.88. The zero-order valence-electron chi connectivity index (χ0n) is 8.60. The molecule has 1 aromatic carbocycles. The summed E-state index contributed by atoms with van der Waals surface area (Å²) in [6, 6.07) is 5.89. The predicted molar refractivity (Wildman–Crippen MR) is 54.6 cm³/mol. The second kappa shape index (κ2) is 5.06. The number of carboxylic acids is 1. The summed E-state index contributed by atoms with van der Waals surface area (Å²) in [5.74, 6) is -2.49. The SMILES string of the molecule is COc1ccc(C(=O)C(=O)CC(=O)O)cc1. The topological polar surface area (TPSA) is 80.7 Å². The van der Waals surface area contributed by atoms with Crippen LogP contribution in [0.1, 0.15) is 16.8 Å². The number of hydrogen-bond acceptors (Lipinski definition) is 4. The monoisotopic (exact) mass is 222 g/mol. The first-order valence-electron chi connectivity index (χ1n) is 4.48. The average Bonchev–Trinajstić information content (AvgIpc) is 2.27. The second-order valence-corrected chi connectivity index (χ2v) is 3.05. The number of carboxylic acid groups (broad SMARTS) is 1. The molecular weight excluding hydrogens is 212 g/mol. The molecule has 0 bridgehead atoms. The highest BCUT2D eigenvalue weighted by atomic mass is 16.5. The maximum atomic E-state index is 11.4. The Hall–Kier alpha value is -2.17. The van der Waals surface area contributed by atoms with Crippen LogP contribution < -0.4 is 4.74 Å². The van der Waals surface area contributed by atoms with E-state index < -0.39 is 24.0 Å². The number of rotatable bonds is 5. The largest absolute Gasteiger partial charge is 0.497 e. The lowest BCUT2D eigenvalue weighted by Crippen LogP contribution is -2.17. The molecule has 0 saturated heterocycles. The third-order valence-electron chi connectivity index (χ3n) is 1.92. The smallest absolute Gasteiger partial charge is 0.311 e. The molecule has 0 heterocycles. The van der Waals surface area contributed by atoms with E-state index in [4.69, 9.17) is 9.84 Å². The predicted octanol–water partition coefficient (Wildman–Crippen LogP) is 0.922. The Morgan fingerprint density at radius 1 is 1.19 bits per heavy atom. The first kappa shape index (κ1) is 11.9. The number of aliphatic carboxylic acids is 1. The second-order valence-electron chi connectivity index (χ2n) is 3.05. The van der Waals surface area contributed by atoms with Crippen LogP contribution in [0, 0.1) is 0 Å². The number of ether oxygens (including phenoxy) is 1. The zero-order valence-corrected chi connectivity index (χ0v) is 8.60. The van der Waals surface area contributed by atoms with Crippen LogP contribution >= 0.6 is 0 Å². The number of carbonyl (C=O) groups is 3. The fraction of sp³-hybridized carbons (Fsp3) is 0.182. The van der Waals surface area contributed by atoms with E-state index in [1.807, 2.05) is 0 Å². The van der Waals surface area contributed by atoms with Crippen molar-refractivity contribution in [3.05, 3.63) is 29.8 Å². The van der Waals surface area contributed by atoms with E-state index in [1.165, 1.54) is 31.4 Å². The maximum absolute atomic E-state index is 11.4. The molecule has 1 aromatic rings. The molecule has 0 unspecified atom stereocenters. The first-order chi connectivity index (χ1) is 7.54. The van der Waals surface area contributed by atoms with Crippen molar-refractivity contribution in [2.24, 2.45) is 0 Å². The first-order valence-corrected chi connectivity index (χ1v) is 4.48. The van der Waals surface area contributed by atoms with Crippen molar-refractivity contribution in [3.63, 3.8) is 0 Å². The maximum Gasteiger partial charge on any atom is 0.311 e. The lowest BCUT2D eigenvalue weighted by molar-refractivity contribution is -0.139. The van der Waals surface area contributed by atoms with Gasteiger partial charge < -0.3 is 9.84 Å². The van der Waals surface area contributed by atoms with Gasteiger partial charge in [-0.1, -0.05) is 0 Å². The Labute approximate surface area is 91.6 Å². The third-order valence-corrected chi connectivity index (χ3v) is 1.92. The number of carbonyl (C=O) groups excluding carboxylic acids is 2. The summed E-state index contributed by atoms with van der Waals surface area (Å²) >= 11 is 0. The minimum Gasteiger partial charge on any atom is -0.497 e. The minimum atomic E-state index is -1.31. The summed E-state index contributed by atoms with van der Waals surface area (Å²) in [5, 5.41) is 8.37. The van der Waals surface area contributed by atoms with E-state index in [0.717, 1.165) is 0 Å². The van der Waals surface area contributed by atoms with Crippen LogP contribution in [0.4, 0.5) is 0 Å². The quantitative estimate of drug-likeness (QED) is 0.455. The number of benzene rings is 1. The Bertz CT molecular complexity index is 419. The highest BCUT2D eigenvalue weighted by Crippen LogP contribution is 2.12. The van der Waals surface area contributed by atoms with Crippen molar-refractivity contribution in [3.8, 4) is 5.75 Å². The average molecular weight is 222 g/mol. The fourth-order valence-corrected chi connectivity index (χ4v) is 1.12. The zero-order chi connectivity index (χ0) is 12.1. The van der Waals surface area contributed by atoms with Gasteiger partial charge in [-0.25, -0.2) is 0 Å². The number of Topliss-reactive ketones (excluding diaryl/α,β-unsaturated/α-hetero) is 2. The van der Waals surface area contributed by atoms with Crippen molar-refractivity contribution in [2.45, 2.75) is 6.42 Å². The van der Waals surface area contributed by atoms with Crippen molar-refractivity contribution >= 4 is 17.5 Å². The van der Waals surface area contributed by atoms with Gasteiger partial charge in [-0.2, -0.15) is 0 Å². The van der Waals surface area contributed by atoms with Gasteiger partial charge in [0.25, 0.3) is 0 Å². The van der Waals surface area contributed by atoms with Crippen molar-refractivity contribution < 1.29 is 24.2 Å². The highest BCUT2D eigenvalue weighted by Gasteiger charge is 2.18. The van der Waals surface area contributed by atoms with Crippen LogP contribution in [0.5, 0.6) is 5.75 Å². The van der Waals surface area contributed by atoms with E-state index in [9.17, 15) is 14.4 Å². The van der Waals surface area contributed by atoms with Gasteiger partial charge in [-0.3, -0.25) is 14.4 Å². The molecule has 0 fully saturated rings. The van der Waals surface area contributed by atoms with E-state index in [-0.39, 0.29) is 5.56 Å². The van der Waals surface area contributed by atoms with E-state index in [1.54, 1.807) is 0 Å². The van der Waals surface area contributed by atoms with Gasteiger partial charge >= 0.3 is 5.97 Å². The summed E-state index contributed by atoms with van der Waals surface area (Å²) in [4.78, 5) is 32.8. The molecule has 0 aliphatic carbocycles. The molecule has 0 aromatic heterocycles. The van der Waals surface area contributed by atoms with Gasteiger partial charge in [0.1, 0.15) is 12.2 Å². The molecule has 0 aliphatic heterocycles. The Kier molecular flexibility index (Phi) is 3.77. The normalized spacial score (nSPS) is 9.56. The Morgan fingerprint density at radius 3 is 2.19 bits per heavy atom. The van der Waals surface area contributed by atoms with Crippen LogP contribution in [0.25, 0.3) is 0 Å². The molecule has 1 N–H and O–H groups in total. The van der Waals surface area contributed by atoms with Gasteiger partial charge in [-0.05, 0) is 24.3 Å². The standard InChI is InChI=1S/C11H10O5/c1-16-8-4-2-7(3-5-8)11(15)9(12)6-10(13)14/h2-5H,6H2,1H3,(H,13,14). The van der Waals surface area contributed by atoms with Crippen LogP contribution in [-0.4, -0.2) is 29.8 Å². The molecule has 16 heavy (non-hydrogen) atoms. The van der Waals surface area contributed by atoms with E-state index >= 15 is 0 Å². The molecule has 1 rings (SSSR count). The van der Waals surface area contributed by atoms with Crippen LogP contribution in [0.2, 0.25) is 0 Å². The van der Waals surface area contributed by atoms with Gasteiger partial charge in [0, 0.05) is 5.56 Å². The molecule has 5 heteroatoms. The van der Waals surface area contributed by atoms with Crippen LogP contribution in [0.15, 0.2) is 24.3 Å². The highest BCUT2D eigenvalue weighted by molar-refractivity contribution is 6.45. The minimum absolute atomic E-state index is 0.159. The van der Waals surface area contributed by atoms with Gasteiger partial charge in [-0.15, -0.1) is 0 Å². The summed E-state index contributed by atoms with van der Waals surface area (Å²) in [5.41, 5.74) is 0.159. The number of methoxy groups -OCH3 is 1. The van der Waals surface area contributed by atoms with Crippen LogP contribution in [-0.2, 0) is 9.59 Å². The van der Waals surface area contributed by atoms with E-state index in [0.29, 0.717) is 5.75 Å². The summed E-state index contributed by atoms with van der Waals surface area (Å²) in [6.07, 6.45) is -0.787. The molecule has 84 valence electrons. The fourth-order valence-electron chi connectivity index (χ4n) is 1.12.